The van der Waals surface area contributed by atoms with Gasteiger partial charge < -0.3 is 9.84 Å². The maximum atomic E-state index is 13.6. The van der Waals surface area contributed by atoms with Crippen molar-refractivity contribution in [2.45, 2.75) is 19.5 Å². The Balaban J connectivity index is 1.94. The number of nitrogens with zero attached hydrogens (tertiary/aromatic N) is 4. The monoisotopic (exact) mass is 424 g/mol. The molecule has 1 N–H and O–H groups in total. The average molecular weight is 424 g/mol. The van der Waals surface area contributed by atoms with Crippen LogP contribution in [0.3, 0.4) is 0 Å². The molecule has 8 nitrogen and oxygen atoms in total. The van der Waals surface area contributed by atoms with Gasteiger partial charge in [0.2, 0.25) is 0 Å². The zero-order valence-electron chi connectivity index (χ0n) is 16.9. The number of hydrogen-bond donors (Lipinski definition) is 1. The molecule has 0 fully saturated rings. The van der Waals surface area contributed by atoms with E-state index in [1.165, 1.54) is 29.8 Å². The Morgan fingerprint density at radius 1 is 1.06 bits per heavy atom. The van der Waals surface area contributed by atoms with E-state index in [1.54, 1.807) is 10.6 Å². The molecule has 9 heteroatoms. The van der Waals surface area contributed by atoms with Crippen molar-refractivity contribution in [1.29, 1.82) is 0 Å². The summed E-state index contributed by atoms with van der Waals surface area (Å²) < 4.78 is 23.4. The highest BCUT2D eigenvalue weighted by atomic mass is 19.1. The van der Waals surface area contributed by atoms with Gasteiger partial charge >= 0.3 is 11.7 Å². The highest BCUT2D eigenvalue weighted by Gasteiger charge is 2.22. The van der Waals surface area contributed by atoms with E-state index in [4.69, 9.17) is 9.84 Å². The summed E-state index contributed by atoms with van der Waals surface area (Å²) in [7, 11) is 1.52. The molecule has 0 spiro atoms. The van der Waals surface area contributed by atoms with Gasteiger partial charge in [0.15, 0.2) is 11.2 Å². The van der Waals surface area contributed by atoms with Crippen LogP contribution in [0.25, 0.3) is 11.2 Å². The SMILES string of the molecule is Cn1c(=O)n(CCCO)c(=O)c2c1nc(Oc1cccc(F)c1)n2Cc1ccccc1. The van der Waals surface area contributed by atoms with Crippen LogP contribution >= 0.6 is 0 Å². The lowest BCUT2D eigenvalue weighted by Crippen LogP contribution is -2.39. The van der Waals surface area contributed by atoms with Crippen LogP contribution in [0, 0.1) is 5.82 Å². The second-order valence-electron chi connectivity index (χ2n) is 7.07. The Bertz CT molecular complexity index is 1340. The number of fused-ring (bicyclic) bond motifs is 1. The summed E-state index contributed by atoms with van der Waals surface area (Å²) in [5, 5.41) is 9.14. The van der Waals surface area contributed by atoms with Gasteiger partial charge in [-0.2, -0.15) is 4.98 Å². The van der Waals surface area contributed by atoms with E-state index in [9.17, 15) is 14.0 Å². The minimum Gasteiger partial charge on any atom is -0.425 e. The van der Waals surface area contributed by atoms with E-state index in [2.05, 4.69) is 4.98 Å². The number of halogens is 1. The van der Waals surface area contributed by atoms with E-state index in [1.807, 2.05) is 30.3 Å². The molecule has 0 atom stereocenters. The van der Waals surface area contributed by atoms with Gasteiger partial charge in [0.1, 0.15) is 11.6 Å². The second-order valence-corrected chi connectivity index (χ2v) is 7.07. The predicted molar refractivity (Wildman–Crippen MR) is 113 cm³/mol. The number of aliphatic hydroxyl groups excluding tert-OH is 1. The largest absolute Gasteiger partial charge is 0.425 e. The van der Waals surface area contributed by atoms with Gasteiger partial charge in [0, 0.05) is 26.3 Å². The fraction of sp³-hybridized carbons (Fsp3) is 0.227. The van der Waals surface area contributed by atoms with Crippen LogP contribution in [0.2, 0.25) is 0 Å². The van der Waals surface area contributed by atoms with Gasteiger partial charge in [-0.05, 0) is 24.1 Å². The number of aliphatic hydroxyl groups is 1. The topological polar surface area (TPSA) is 91.3 Å². The highest BCUT2D eigenvalue weighted by molar-refractivity contribution is 5.72. The van der Waals surface area contributed by atoms with Crippen molar-refractivity contribution in [2.24, 2.45) is 7.05 Å². The lowest BCUT2D eigenvalue weighted by atomic mass is 10.2. The molecule has 0 amide bonds. The number of ether oxygens (including phenoxy) is 1. The minimum atomic E-state index is -0.535. The van der Waals surface area contributed by atoms with Crippen LogP contribution in [-0.4, -0.2) is 30.4 Å². The van der Waals surface area contributed by atoms with E-state index in [0.29, 0.717) is 0 Å². The van der Waals surface area contributed by atoms with Crippen molar-refractivity contribution in [3.63, 3.8) is 0 Å². The predicted octanol–water partition coefficient (Wildman–Crippen LogP) is 2.26. The summed E-state index contributed by atoms with van der Waals surface area (Å²) in [6, 6.07) is 15.1. The van der Waals surface area contributed by atoms with Crippen LogP contribution in [-0.2, 0) is 20.1 Å². The van der Waals surface area contributed by atoms with Crippen molar-refractivity contribution in [2.75, 3.05) is 6.61 Å². The van der Waals surface area contributed by atoms with E-state index in [-0.39, 0.29) is 49.0 Å². The van der Waals surface area contributed by atoms with Crippen LogP contribution in [0.5, 0.6) is 11.8 Å². The van der Waals surface area contributed by atoms with Crippen molar-refractivity contribution < 1.29 is 14.2 Å². The van der Waals surface area contributed by atoms with Crippen LogP contribution in [0.4, 0.5) is 4.39 Å². The Morgan fingerprint density at radius 3 is 2.55 bits per heavy atom. The van der Waals surface area contributed by atoms with Gasteiger partial charge in [0.25, 0.3) is 5.56 Å². The molecule has 160 valence electrons. The fourth-order valence-electron chi connectivity index (χ4n) is 3.40. The molecule has 0 aliphatic carbocycles. The summed E-state index contributed by atoms with van der Waals surface area (Å²) >= 11 is 0. The number of aryl methyl sites for hydroxylation is 1. The first kappa shape index (κ1) is 20.5. The summed E-state index contributed by atoms with van der Waals surface area (Å²) in [6.07, 6.45) is 0.264. The molecule has 4 rings (SSSR count). The molecule has 0 aliphatic rings. The normalized spacial score (nSPS) is 11.2. The third-order valence-electron chi connectivity index (χ3n) is 4.93. The minimum absolute atomic E-state index is 0.0662. The average Bonchev–Trinajstić information content (AvgIpc) is 3.11. The van der Waals surface area contributed by atoms with Gasteiger partial charge in [-0.3, -0.25) is 18.5 Å². The third-order valence-corrected chi connectivity index (χ3v) is 4.93. The summed E-state index contributed by atoms with van der Waals surface area (Å²) in [5.74, 6) is -0.253. The lowest BCUT2D eigenvalue weighted by Gasteiger charge is -2.11. The zero-order chi connectivity index (χ0) is 22.0. The van der Waals surface area contributed by atoms with Gasteiger partial charge in [0.05, 0.1) is 6.54 Å². The molecule has 4 aromatic rings. The first-order valence-electron chi connectivity index (χ1n) is 9.78. The first-order valence-corrected chi connectivity index (χ1v) is 9.78. The molecule has 0 bridgehead atoms. The Hall–Kier alpha value is -3.72. The third kappa shape index (κ3) is 3.99. The first-order chi connectivity index (χ1) is 15.0. The molecule has 2 aromatic carbocycles. The maximum Gasteiger partial charge on any atom is 0.332 e. The fourth-order valence-corrected chi connectivity index (χ4v) is 3.40. The number of imidazole rings is 1. The molecule has 31 heavy (non-hydrogen) atoms. The van der Waals surface area contributed by atoms with Gasteiger partial charge in [-0.15, -0.1) is 0 Å². The van der Waals surface area contributed by atoms with Crippen LogP contribution < -0.4 is 16.0 Å². The summed E-state index contributed by atoms with van der Waals surface area (Å²) in [4.78, 5) is 30.3. The van der Waals surface area contributed by atoms with E-state index >= 15 is 0 Å². The van der Waals surface area contributed by atoms with E-state index < -0.39 is 17.1 Å². The smallest absolute Gasteiger partial charge is 0.332 e. The number of benzene rings is 2. The zero-order valence-corrected chi connectivity index (χ0v) is 16.9. The molecule has 0 aliphatic heterocycles. The quantitative estimate of drug-likeness (QED) is 0.491. The molecule has 0 radical (unpaired) electrons. The summed E-state index contributed by atoms with van der Waals surface area (Å²) in [6.45, 7) is 0.189. The molecule has 0 unspecified atom stereocenters. The molecule has 2 aromatic heterocycles. The van der Waals surface area contributed by atoms with Crippen molar-refractivity contribution >= 4 is 11.2 Å². The Morgan fingerprint density at radius 2 is 1.84 bits per heavy atom. The number of rotatable bonds is 7. The van der Waals surface area contributed by atoms with Crippen molar-refractivity contribution in [3.05, 3.63) is 86.8 Å². The van der Waals surface area contributed by atoms with E-state index in [0.717, 1.165) is 10.1 Å². The van der Waals surface area contributed by atoms with Crippen molar-refractivity contribution in [3.8, 4) is 11.8 Å². The molecular formula is C22H21FN4O4. The summed E-state index contributed by atoms with van der Waals surface area (Å²) in [5.41, 5.74) is 0.186. The standard InChI is InChI=1S/C22H21FN4O4/c1-25-19-18(20(29)26(22(25)30)11-6-12-28)27(14-15-7-3-2-4-8-15)21(24-19)31-17-10-5-9-16(23)13-17/h2-5,7-10,13,28H,6,11-12,14H2,1H3. The molecule has 0 saturated heterocycles. The molecule has 2 heterocycles. The Labute approximate surface area is 176 Å². The van der Waals surface area contributed by atoms with Crippen LogP contribution in [0.15, 0.2) is 64.2 Å². The maximum absolute atomic E-state index is 13.6. The second kappa shape index (κ2) is 8.57. The molecule has 0 saturated carbocycles. The number of aromatic nitrogens is 4. The van der Waals surface area contributed by atoms with Gasteiger partial charge in [-0.25, -0.2) is 9.18 Å². The lowest BCUT2D eigenvalue weighted by molar-refractivity contribution is 0.277. The van der Waals surface area contributed by atoms with Crippen LogP contribution in [0.1, 0.15) is 12.0 Å². The van der Waals surface area contributed by atoms with Gasteiger partial charge in [-0.1, -0.05) is 36.4 Å². The molecular weight excluding hydrogens is 403 g/mol. The highest BCUT2D eigenvalue weighted by Crippen LogP contribution is 2.25. The van der Waals surface area contributed by atoms with Crippen molar-refractivity contribution in [1.82, 2.24) is 18.7 Å². The Kier molecular flexibility index (Phi) is 5.68. The number of hydrogen-bond acceptors (Lipinski definition) is 5.